The van der Waals surface area contributed by atoms with E-state index in [0.29, 0.717) is 19.6 Å². The molecule has 1 N–H and O–H groups in total. The lowest BCUT2D eigenvalue weighted by Crippen LogP contribution is -2.37. The summed E-state index contributed by atoms with van der Waals surface area (Å²) in [6.07, 6.45) is 1.27. The van der Waals surface area contributed by atoms with Crippen molar-refractivity contribution in [3.8, 4) is 0 Å². The number of nitrogens with one attached hydrogen (secondary N) is 1. The summed E-state index contributed by atoms with van der Waals surface area (Å²) < 4.78 is 0. The fourth-order valence-electron chi connectivity index (χ4n) is 1.26. The third kappa shape index (κ3) is 2.48. The van der Waals surface area contributed by atoms with Gasteiger partial charge in [-0.15, -0.1) is 0 Å². The highest BCUT2D eigenvalue weighted by Gasteiger charge is 2.19. The maximum atomic E-state index is 11.1. The van der Waals surface area contributed by atoms with Crippen LogP contribution in [0, 0.1) is 0 Å². The molecule has 0 atom stereocenters. The van der Waals surface area contributed by atoms with Gasteiger partial charge in [-0.2, -0.15) is 0 Å². The number of likely N-dealkylation sites (N-methyl/N-ethyl adjacent to an activating group) is 1. The summed E-state index contributed by atoms with van der Waals surface area (Å²) >= 11 is 0. The highest BCUT2D eigenvalue weighted by atomic mass is 16.2. The van der Waals surface area contributed by atoms with Crippen molar-refractivity contribution in [2.45, 2.75) is 0 Å². The van der Waals surface area contributed by atoms with Crippen molar-refractivity contribution < 1.29 is 9.59 Å². The van der Waals surface area contributed by atoms with Crippen LogP contribution in [0.3, 0.4) is 0 Å². The first-order valence-corrected chi connectivity index (χ1v) is 4.55. The Morgan fingerprint density at radius 3 is 3.00 bits per heavy atom. The Kier molecular flexibility index (Phi) is 3.50. The Bertz CT molecular complexity index is 252. The standard InChI is InChI=1S/C9H15N3O2/c1-3-8(13)11(2)6-7-12-5-4-10-9(12)14/h3H,1,4-7H2,2H3,(H,10,14). The zero-order valence-electron chi connectivity index (χ0n) is 8.32. The summed E-state index contributed by atoms with van der Waals surface area (Å²) in [7, 11) is 1.69. The number of carbonyl (C=O) groups excluding carboxylic acids is 2. The number of rotatable bonds is 4. The molecule has 1 aliphatic rings. The molecule has 1 fully saturated rings. The third-order valence-corrected chi connectivity index (χ3v) is 2.20. The number of nitrogens with zero attached hydrogens (tertiary/aromatic N) is 2. The molecular weight excluding hydrogens is 182 g/mol. The van der Waals surface area contributed by atoms with Gasteiger partial charge in [-0.25, -0.2) is 4.79 Å². The Labute approximate surface area is 83.4 Å². The second-order valence-electron chi connectivity index (χ2n) is 3.18. The van der Waals surface area contributed by atoms with Gasteiger partial charge in [-0.1, -0.05) is 6.58 Å². The first kappa shape index (κ1) is 10.6. The maximum absolute atomic E-state index is 11.1. The van der Waals surface area contributed by atoms with Crippen LogP contribution in [0.25, 0.3) is 0 Å². The van der Waals surface area contributed by atoms with Crippen molar-refractivity contribution in [1.29, 1.82) is 0 Å². The molecule has 1 aliphatic heterocycles. The van der Waals surface area contributed by atoms with Crippen molar-refractivity contribution in [2.75, 3.05) is 33.2 Å². The fraction of sp³-hybridized carbons (Fsp3) is 0.556. The normalized spacial score (nSPS) is 15.2. The van der Waals surface area contributed by atoms with E-state index in [2.05, 4.69) is 11.9 Å². The SMILES string of the molecule is C=CC(=O)N(C)CCN1CCNC1=O. The van der Waals surface area contributed by atoms with Gasteiger partial charge in [0.15, 0.2) is 0 Å². The zero-order valence-corrected chi connectivity index (χ0v) is 8.32. The molecule has 0 radical (unpaired) electrons. The smallest absolute Gasteiger partial charge is 0.317 e. The summed E-state index contributed by atoms with van der Waals surface area (Å²) in [5.41, 5.74) is 0. The molecular formula is C9H15N3O2. The molecule has 14 heavy (non-hydrogen) atoms. The molecule has 0 bridgehead atoms. The first-order valence-electron chi connectivity index (χ1n) is 4.55. The van der Waals surface area contributed by atoms with Crippen LogP contribution in [0.1, 0.15) is 0 Å². The quantitative estimate of drug-likeness (QED) is 0.627. The van der Waals surface area contributed by atoms with Gasteiger partial charge in [0, 0.05) is 33.2 Å². The van der Waals surface area contributed by atoms with E-state index >= 15 is 0 Å². The molecule has 0 aromatic heterocycles. The fourth-order valence-corrected chi connectivity index (χ4v) is 1.26. The summed E-state index contributed by atoms with van der Waals surface area (Å²) in [5.74, 6) is -0.121. The number of urea groups is 1. The lowest BCUT2D eigenvalue weighted by Gasteiger charge is -2.19. The van der Waals surface area contributed by atoms with Gasteiger partial charge >= 0.3 is 6.03 Å². The molecule has 1 saturated heterocycles. The Hall–Kier alpha value is -1.52. The topological polar surface area (TPSA) is 52.7 Å². The van der Waals surface area contributed by atoms with Crippen LogP contribution < -0.4 is 5.32 Å². The van der Waals surface area contributed by atoms with Gasteiger partial charge in [0.2, 0.25) is 5.91 Å². The highest BCUT2D eigenvalue weighted by Crippen LogP contribution is 1.96. The largest absolute Gasteiger partial charge is 0.340 e. The van der Waals surface area contributed by atoms with Crippen molar-refractivity contribution in [1.82, 2.24) is 15.1 Å². The van der Waals surface area contributed by atoms with Crippen LogP contribution in [-0.2, 0) is 4.79 Å². The number of carbonyl (C=O) groups is 2. The van der Waals surface area contributed by atoms with Crippen molar-refractivity contribution in [3.05, 3.63) is 12.7 Å². The van der Waals surface area contributed by atoms with Gasteiger partial charge in [-0.05, 0) is 6.08 Å². The molecule has 0 aromatic rings. The third-order valence-electron chi connectivity index (χ3n) is 2.20. The van der Waals surface area contributed by atoms with Crippen LogP contribution >= 0.6 is 0 Å². The van der Waals surface area contributed by atoms with Crippen LogP contribution in [0.2, 0.25) is 0 Å². The number of hydrogen-bond acceptors (Lipinski definition) is 2. The number of hydrogen-bond donors (Lipinski definition) is 1. The van der Waals surface area contributed by atoms with Gasteiger partial charge in [0.1, 0.15) is 0 Å². The van der Waals surface area contributed by atoms with E-state index in [1.807, 2.05) is 0 Å². The number of amides is 3. The van der Waals surface area contributed by atoms with Crippen LogP contribution in [0.15, 0.2) is 12.7 Å². The molecule has 0 aromatic carbocycles. The molecule has 78 valence electrons. The Balaban J connectivity index is 2.29. The van der Waals surface area contributed by atoms with E-state index < -0.39 is 0 Å². The highest BCUT2D eigenvalue weighted by molar-refractivity contribution is 5.86. The molecule has 0 aliphatic carbocycles. The van der Waals surface area contributed by atoms with Gasteiger partial charge in [0.05, 0.1) is 0 Å². The molecule has 1 rings (SSSR count). The van der Waals surface area contributed by atoms with E-state index in [9.17, 15) is 9.59 Å². The molecule has 3 amide bonds. The second kappa shape index (κ2) is 4.64. The minimum atomic E-state index is -0.121. The summed E-state index contributed by atoms with van der Waals surface area (Å²) in [4.78, 5) is 25.4. The molecule has 5 heteroatoms. The molecule has 5 nitrogen and oxygen atoms in total. The Morgan fingerprint density at radius 1 is 1.79 bits per heavy atom. The van der Waals surface area contributed by atoms with Crippen LogP contribution in [0.5, 0.6) is 0 Å². The van der Waals surface area contributed by atoms with Crippen molar-refractivity contribution >= 4 is 11.9 Å². The maximum Gasteiger partial charge on any atom is 0.317 e. The van der Waals surface area contributed by atoms with Gasteiger partial charge < -0.3 is 15.1 Å². The van der Waals surface area contributed by atoms with E-state index in [-0.39, 0.29) is 11.9 Å². The van der Waals surface area contributed by atoms with Crippen molar-refractivity contribution in [2.24, 2.45) is 0 Å². The van der Waals surface area contributed by atoms with Crippen LogP contribution in [-0.4, -0.2) is 55.0 Å². The van der Waals surface area contributed by atoms with E-state index in [4.69, 9.17) is 0 Å². The predicted octanol–water partition coefficient (Wildman–Crippen LogP) is -0.344. The minimum Gasteiger partial charge on any atom is -0.340 e. The second-order valence-corrected chi connectivity index (χ2v) is 3.18. The van der Waals surface area contributed by atoms with Gasteiger partial charge in [-0.3, -0.25) is 4.79 Å². The van der Waals surface area contributed by atoms with Crippen molar-refractivity contribution in [3.63, 3.8) is 0 Å². The monoisotopic (exact) mass is 197 g/mol. The zero-order chi connectivity index (χ0) is 10.6. The summed E-state index contributed by atoms with van der Waals surface area (Å²) in [5, 5.41) is 2.70. The summed E-state index contributed by atoms with van der Waals surface area (Å²) in [6.45, 7) is 5.91. The first-order chi connectivity index (χ1) is 6.65. The lowest BCUT2D eigenvalue weighted by molar-refractivity contribution is -0.124. The average Bonchev–Trinajstić information content (AvgIpc) is 2.59. The van der Waals surface area contributed by atoms with E-state index in [1.165, 1.54) is 6.08 Å². The average molecular weight is 197 g/mol. The van der Waals surface area contributed by atoms with Gasteiger partial charge in [0.25, 0.3) is 0 Å². The summed E-state index contributed by atoms with van der Waals surface area (Å²) in [6, 6.07) is -0.0514. The minimum absolute atomic E-state index is 0.0514. The predicted molar refractivity (Wildman–Crippen MR) is 52.8 cm³/mol. The molecule has 0 saturated carbocycles. The molecule has 1 heterocycles. The molecule has 0 unspecified atom stereocenters. The van der Waals surface area contributed by atoms with Crippen LogP contribution in [0.4, 0.5) is 4.79 Å². The van der Waals surface area contributed by atoms with E-state index in [0.717, 1.165) is 6.54 Å². The van der Waals surface area contributed by atoms with E-state index in [1.54, 1.807) is 16.8 Å². The Morgan fingerprint density at radius 2 is 2.50 bits per heavy atom. The molecule has 0 spiro atoms. The lowest BCUT2D eigenvalue weighted by atomic mass is 10.4.